The molecule has 0 radical (unpaired) electrons. The van der Waals surface area contributed by atoms with Gasteiger partial charge in [-0.2, -0.15) is 0 Å². The largest absolute Gasteiger partial charge is 0.497 e. The zero-order chi connectivity index (χ0) is 27.9. The van der Waals surface area contributed by atoms with Gasteiger partial charge < -0.3 is 10.1 Å². The Morgan fingerprint density at radius 2 is 1.75 bits per heavy atom. The van der Waals surface area contributed by atoms with Crippen LogP contribution in [0.15, 0.2) is 77.7 Å². The van der Waals surface area contributed by atoms with Crippen LogP contribution in [0.25, 0.3) is 20.8 Å². The molecule has 0 spiro atoms. The van der Waals surface area contributed by atoms with E-state index in [0.717, 1.165) is 45.1 Å². The SMILES string of the molecule is COc1ccc(S(=O)(=O)Nc2ccc(C(=O)Nc3sc4c(c3-c3nc5ccccc5s3)CCC(C)C4)cc2)cc1. The fourth-order valence-electron chi connectivity index (χ4n) is 4.88. The highest BCUT2D eigenvalue weighted by atomic mass is 32.2. The van der Waals surface area contributed by atoms with Crippen LogP contribution < -0.4 is 14.8 Å². The summed E-state index contributed by atoms with van der Waals surface area (Å²) in [6.07, 6.45) is 3.08. The number of ether oxygens (including phenoxy) is 1. The number of thiophene rings is 1. The molecular weight excluding hydrogens is 563 g/mol. The Morgan fingerprint density at radius 1 is 1.00 bits per heavy atom. The van der Waals surface area contributed by atoms with Crippen molar-refractivity contribution in [2.45, 2.75) is 31.1 Å². The highest BCUT2D eigenvalue weighted by molar-refractivity contribution is 7.92. The fraction of sp³-hybridized carbons (Fsp3) is 0.200. The number of fused-ring (bicyclic) bond motifs is 2. The highest BCUT2D eigenvalue weighted by Gasteiger charge is 2.27. The van der Waals surface area contributed by atoms with Crippen LogP contribution in [0.1, 0.15) is 34.1 Å². The van der Waals surface area contributed by atoms with E-state index < -0.39 is 10.0 Å². The van der Waals surface area contributed by atoms with Crippen molar-refractivity contribution in [2.24, 2.45) is 5.92 Å². The van der Waals surface area contributed by atoms with Crippen LogP contribution in [0, 0.1) is 5.92 Å². The van der Waals surface area contributed by atoms with Crippen LogP contribution in [0.4, 0.5) is 10.7 Å². The van der Waals surface area contributed by atoms with Crippen LogP contribution >= 0.6 is 22.7 Å². The predicted octanol–water partition coefficient (Wildman–Crippen LogP) is 7.21. The second-order valence-corrected chi connectivity index (χ2v) is 13.7. The molecule has 2 heterocycles. The average molecular weight is 590 g/mol. The van der Waals surface area contributed by atoms with Crippen LogP contribution in [0.5, 0.6) is 5.75 Å². The summed E-state index contributed by atoms with van der Waals surface area (Å²) in [4.78, 5) is 19.7. The Morgan fingerprint density at radius 3 is 2.48 bits per heavy atom. The Hall–Kier alpha value is -3.73. The molecule has 1 atom stereocenters. The third-order valence-corrected chi connectivity index (χ3v) is 10.6. The van der Waals surface area contributed by atoms with E-state index in [1.165, 1.54) is 29.7 Å². The Balaban J connectivity index is 1.25. The van der Waals surface area contributed by atoms with Crippen molar-refractivity contribution >= 4 is 59.5 Å². The van der Waals surface area contributed by atoms with Gasteiger partial charge in [0.2, 0.25) is 0 Å². The van der Waals surface area contributed by atoms with Crippen molar-refractivity contribution in [3.63, 3.8) is 0 Å². The molecule has 10 heteroatoms. The molecule has 6 rings (SSSR count). The first kappa shape index (κ1) is 26.5. The minimum absolute atomic E-state index is 0.119. The van der Waals surface area contributed by atoms with Crippen LogP contribution in [-0.2, 0) is 22.9 Å². The second kappa shape index (κ2) is 10.7. The maximum atomic E-state index is 13.4. The number of para-hydroxylation sites is 1. The van der Waals surface area contributed by atoms with Gasteiger partial charge in [0.15, 0.2) is 0 Å². The summed E-state index contributed by atoms with van der Waals surface area (Å²) in [5.41, 5.74) is 4.08. The van der Waals surface area contributed by atoms with Crippen LogP contribution in [-0.4, -0.2) is 26.4 Å². The fourth-order valence-corrected chi connectivity index (χ4v) is 8.45. The van der Waals surface area contributed by atoms with Crippen molar-refractivity contribution in [3.05, 3.63) is 88.8 Å². The molecule has 1 aliphatic carbocycles. The lowest BCUT2D eigenvalue weighted by Gasteiger charge is -2.18. The van der Waals surface area contributed by atoms with E-state index in [1.54, 1.807) is 59.1 Å². The lowest BCUT2D eigenvalue weighted by molar-refractivity contribution is 0.102. The van der Waals surface area contributed by atoms with Gasteiger partial charge in [-0.1, -0.05) is 19.1 Å². The molecule has 3 aromatic carbocycles. The van der Waals surface area contributed by atoms with Gasteiger partial charge in [0, 0.05) is 21.7 Å². The lowest BCUT2D eigenvalue weighted by Crippen LogP contribution is -2.14. The lowest BCUT2D eigenvalue weighted by atomic mass is 9.88. The van der Waals surface area contributed by atoms with Gasteiger partial charge in [0.05, 0.1) is 22.2 Å². The quantitative estimate of drug-likeness (QED) is 0.209. The van der Waals surface area contributed by atoms with E-state index in [4.69, 9.17) is 9.72 Å². The van der Waals surface area contributed by atoms with E-state index in [9.17, 15) is 13.2 Å². The normalized spacial score (nSPS) is 15.0. The van der Waals surface area contributed by atoms with Crippen LogP contribution in [0.3, 0.4) is 0 Å². The monoisotopic (exact) mass is 589 g/mol. The number of amides is 1. The summed E-state index contributed by atoms with van der Waals surface area (Å²) >= 11 is 3.28. The van der Waals surface area contributed by atoms with Crippen molar-refractivity contribution in [2.75, 3.05) is 17.1 Å². The maximum absolute atomic E-state index is 13.4. The summed E-state index contributed by atoms with van der Waals surface area (Å²) in [6, 6.07) is 20.6. The first-order chi connectivity index (χ1) is 19.3. The van der Waals surface area contributed by atoms with E-state index in [1.807, 2.05) is 18.2 Å². The third-order valence-electron chi connectivity index (χ3n) is 7.02. The average Bonchev–Trinajstić information content (AvgIpc) is 3.53. The molecule has 7 nitrogen and oxygen atoms in total. The third kappa shape index (κ3) is 5.22. The van der Waals surface area contributed by atoms with Gasteiger partial charge in [-0.25, -0.2) is 13.4 Å². The second-order valence-electron chi connectivity index (χ2n) is 9.86. The minimum atomic E-state index is -3.78. The summed E-state index contributed by atoms with van der Waals surface area (Å²) in [6.45, 7) is 2.27. The molecule has 0 fully saturated rings. The zero-order valence-corrected chi connectivity index (χ0v) is 24.4. The number of methoxy groups -OCH3 is 1. The number of anilines is 2. The van der Waals surface area contributed by atoms with Crippen molar-refractivity contribution in [3.8, 4) is 16.3 Å². The predicted molar refractivity (Wildman–Crippen MR) is 162 cm³/mol. The smallest absolute Gasteiger partial charge is 0.261 e. The molecule has 1 amide bonds. The number of rotatable bonds is 7. The molecule has 204 valence electrons. The number of hydrogen-bond acceptors (Lipinski definition) is 7. The first-order valence-electron chi connectivity index (χ1n) is 12.9. The molecule has 0 aliphatic heterocycles. The molecule has 1 aliphatic rings. The van der Waals surface area contributed by atoms with Crippen molar-refractivity contribution < 1.29 is 17.9 Å². The number of carbonyl (C=O) groups excluding carboxylic acids is 1. The molecule has 40 heavy (non-hydrogen) atoms. The van der Waals surface area contributed by atoms with E-state index in [2.05, 4.69) is 23.0 Å². The molecule has 0 bridgehead atoms. The van der Waals surface area contributed by atoms with E-state index >= 15 is 0 Å². The number of sulfonamides is 1. The summed E-state index contributed by atoms with van der Waals surface area (Å²) < 4.78 is 34.3. The highest BCUT2D eigenvalue weighted by Crippen LogP contribution is 2.47. The standard InChI is InChI=1S/C30H27N3O4S3/c1-18-7-16-23-26(17-18)39-30(27(23)29-31-24-5-3-4-6-25(24)38-29)32-28(34)19-8-10-20(11-9-19)33-40(35,36)22-14-12-21(37-2)13-15-22/h3-6,8-15,18,33H,7,16-17H2,1-2H3,(H,32,34). The van der Waals surface area contributed by atoms with Gasteiger partial charge in [0.25, 0.3) is 15.9 Å². The van der Waals surface area contributed by atoms with Gasteiger partial charge in [0.1, 0.15) is 15.8 Å². The summed E-state index contributed by atoms with van der Waals surface area (Å²) in [5.74, 6) is 0.924. The Bertz CT molecular complexity index is 1770. The van der Waals surface area contributed by atoms with E-state index in [0.29, 0.717) is 22.9 Å². The molecule has 0 saturated heterocycles. The first-order valence-corrected chi connectivity index (χ1v) is 16.0. The molecule has 2 aromatic heterocycles. The van der Waals surface area contributed by atoms with Crippen molar-refractivity contribution in [1.82, 2.24) is 4.98 Å². The summed E-state index contributed by atoms with van der Waals surface area (Å²) in [5, 5.41) is 4.88. The van der Waals surface area contributed by atoms with Gasteiger partial charge >= 0.3 is 0 Å². The zero-order valence-electron chi connectivity index (χ0n) is 21.9. The van der Waals surface area contributed by atoms with Gasteiger partial charge in [-0.15, -0.1) is 22.7 Å². The molecular formula is C30H27N3O4S3. The van der Waals surface area contributed by atoms with Gasteiger partial charge in [-0.3, -0.25) is 9.52 Å². The van der Waals surface area contributed by atoms with Crippen molar-refractivity contribution in [1.29, 1.82) is 0 Å². The Labute approximate surface area is 240 Å². The molecule has 5 aromatic rings. The summed E-state index contributed by atoms with van der Waals surface area (Å²) in [7, 11) is -2.26. The topological polar surface area (TPSA) is 97.4 Å². The molecule has 0 saturated carbocycles. The number of nitrogens with zero attached hydrogens (tertiary/aromatic N) is 1. The number of benzene rings is 3. The number of thiazole rings is 1. The Kier molecular flexibility index (Phi) is 7.07. The molecule has 2 N–H and O–H groups in total. The molecule has 1 unspecified atom stereocenters. The van der Waals surface area contributed by atoms with Gasteiger partial charge in [-0.05, 0) is 91.4 Å². The maximum Gasteiger partial charge on any atom is 0.261 e. The van der Waals surface area contributed by atoms with Crippen LogP contribution in [0.2, 0.25) is 0 Å². The number of hydrogen-bond donors (Lipinski definition) is 2. The number of carbonyl (C=O) groups is 1. The number of aromatic nitrogens is 1. The van der Waals surface area contributed by atoms with E-state index in [-0.39, 0.29) is 10.8 Å². The number of nitrogens with one attached hydrogen (secondary N) is 2. The minimum Gasteiger partial charge on any atom is -0.497 e.